The monoisotopic (exact) mass is 580 g/mol. The fourth-order valence-corrected chi connectivity index (χ4v) is 4.59. The number of benzene rings is 1. The lowest BCUT2D eigenvalue weighted by Gasteiger charge is -2.21. The lowest BCUT2D eigenvalue weighted by molar-refractivity contribution is 0.0696. The van der Waals surface area contributed by atoms with Crippen molar-refractivity contribution < 1.29 is 19.4 Å². The maximum absolute atomic E-state index is 13.4. The Morgan fingerprint density at radius 3 is 2.56 bits per heavy atom. The van der Waals surface area contributed by atoms with E-state index in [1.807, 2.05) is 36.2 Å². The van der Waals surface area contributed by atoms with Crippen molar-refractivity contribution >= 4 is 34.7 Å². The van der Waals surface area contributed by atoms with Crippen LogP contribution in [0.3, 0.4) is 0 Å². The van der Waals surface area contributed by atoms with Crippen LogP contribution in [-0.4, -0.2) is 61.3 Å². The lowest BCUT2D eigenvalue weighted by atomic mass is 10.2. The van der Waals surface area contributed by atoms with Crippen LogP contribution in [0.2, 0.25) is 0 Å². The molecule has 13 heteroatoms. The molecule has 0 saturated heterocycles. The number of ether oxygens (including phenoxy) is 1. The van der Waals surface area contributed by atoms with Crippen LogP contribution in [0, 0.1) is 0 Å². The molecule has 0 radical (unpaired) electrons. The second-order valence-electron chi connectivity index (χ2n) is 10.2. The van der Waals surface area contributed by atoms with Crippen LogP contribution in [0.25, 0.3) is 11.5 Å². The molecule has 13 nitrogen and oxygen atoms in total. The number of hydrogen-bond donors (Lipinski definition) is 3. The number of rotatable bonds is 10. The van der Waals surface area contributed by atoms with Gasteiger partial charge in [-0.25, -0.2) is 19.3 Å². The van der Waals surface area contributed by atoms with Crippen LogP contribution in [0.15, 0.2) is 78.0 Å². The number of pyridine rings is 2. The van der Waals surface area contributed by atoms with Crippen LogP contribution < -0.4 is 25.8 Å². The van der Waals surface area contributed by atoms with Crippen LogP contribution in [0.5, 0.6) is 5.75 Å². The SMILES string of the molecule is COc1ccc(CN(C)c2cc(Nc3cccn(-c4ccc(C(=O)O)cn4)c3=O)nn3c(C(=O)NC4CC4)cnc23)cc1. The highest BCUT2D eigenvalue weighted by Crippen LogP contribution is 2.27. The first kappa shape index (κ1) is 27.4. The second kappa shape index (κ2) is 11.3. The molecule has 1 amide bonds. The molecule has 0 atom stereocenters. The zero-order valence-electron chi connectivity index (χ0n) is 23.4. The van der Waals surface area contributed by atoms with Gasteiger partial charge >= 0.3 is 5.97 Å². The molecular formula is C30H28N8O5. The molecule has 0 aliphatic heterocycles. The summed E-state index contributed by atoms with van der Waals surface area (Å²) in [4.78, 5) is 48.3. The molecule has 4 heterocycles. The van der Waals surface area contributed by atoms with Crippen LogP contribution in [0.4, 0.5) is 17.2 Å². The summed E-state index contributed by atoms with van der Waals surface area (Å²) in [5.74, 6) is -0.0606. The van der Waals surface area contributed by atoms with Crippen molar-refractivity contribution in [1.29, 1.82) is 0 Å². The molecule has 3 N–H and O–H groups in total. The Balaban J connectivity index is 1.37. The number of amides is 1. The van der Waals surface area contributed by atoms with Gasteiger partial charge in [-0.05, 0) is 54.8 Å². The number of anilines is 3. The zero-order valence-corrected chi connectivity index (χ0v) is 23.4. The first-order valence-electron chi connectivity index (χ1n) is 13.5. The molecule has 1 aliphatic carbocycles. The molecule has 1 aromatic carbocycles. The van der Waals surface area contributed by atoms with E-state index >= 15 is 0 Å². The summed E-state index contributed by atoms with van der Waals surface area (Å²) < 4.78 is 8.05. The maximum Gasteiger partial charge on any atom is 0.337 e. The Hall–Kier alpha value is -5.72. The number of aromatic nitrogens is 5. The Morgan fingerprint density at radius 1 is 1.09 bits per heavy atom. The number of aromatic carboxylic acids is 1. The summed E-state index contributed by atoms with van der Waals surface area (Å²) in [6.45, 7) is 0.524. The molecule has 1 saturated carbocycles. The van der Waals surface area contributed by atoms with Crippen molar-refractivity contribution in [3.05, 3.63) is 100 Å². The second-order valence-corrected chi connectivity index (χ2v) is 10.2. The Labute approximate surface area is 245 Å². The average molecular weight is 581 g/mol. The number of carboxylic acids is 1. The Morgan fingerprint density at radius 2 is 1.88 bits per heavy atom. The Bertz CT molecular complexity index is 1880. The number of nitrogens with one attached hydrogen (secondary N) is 2. The zero-order chi connectivity index (χ0) is 30.1. The number of carbonyl (C=O) groups excluding carboxylic acids is 1. The molecule has 218 valence electrons. The summed E-state index contributed by atoms with van der Waals surface area (Å²) in [6.07, 6.45) is 6.10. The van der Waals surface area contributed by atoms with E-state index in [1.54, 1.807) is 25.3 Å². The van der Waals surface area contributed by atoms with Gasteiger partial charge in [0.25, 0.3) is 11.5 Å². The van der Waals surface area contributed by atoms with Gasteiger partial charge in [-0.2, -0.15) is 0 Å². The van der Waals surface area contributed by atoms with E-state index in [-0.39, 0.29) is 34.7 Å². The highest BCUT2D eigenvalue weighted by atomic mass is 16.5. The molecular weight excluding hydrogens is 552 g/mol. The molecule has 43 heavy (non-hydrogen) atoms. The third-order valence-electron chi connectivity index (χ3n) is 7.04. The summed E-state index contributed by atoms with van der Waals surface area (Å²) >= 11 is 0. The topological polar surface area (TPSA) is 156 Å². The molecule has 0 unspecified atom stereocenters. The van der Waals surface area contributed by atoms with Gasteiger partial charge in [0.15, 0.2) is 17.2 Å². The van der Waals surface area contributed by atoms with Crippen molar-refractivity contribution in [2.24, 2.45) is 0 Å². The van der Waals surface area contributed by atoms with E-state index in [1.165, 1.54) is 39.8 Å². The predicted octanol–water partition coefficient (Wildman–Crippen LogP) is 3.25. The quantitative estimate of drug-likeness (QED) is 0.224. The number of fused-ring (bicyclic) bond motifs is 1. The molecule has 1 aliphatic rings. The third-order valence-corrected chi connectivity index (χ3v) is 7.04. The number of methoxy groups -OCH3 is 1. The molecule has 0 spiro atoms. The van der Waals surface area contributed by atoms with E-state index < -0.39 is 11.5 Å². The summed E-state index contributed by atoms with van der Waals surface area (Å²) in [7, 11) is 3.52. The number of nitrogens with zero attached hydrogens (tertiary/aromatic N) is 6. The fourth-order valence-electron chi connectivity index (χ4n) is 4.59. The standard InChI is InChI=1S/C30H28N8O5/c1-36(17-18-5-10-21(43-2)11-6-18)23-14-25(35-38-24(16-32-27(23)38)28(39)33-20-8-9-20)34-22-4-3-13-37(29(22)40)26-12-7-19(15-31-26)30(41)42/h3-7,10-16,20H,8-9,17H2,1-2H3,(H,33,39)(H,34,35)(H,41,42). The summed E-state index contributed by atoms with van der Waals surface area (Å²) in [6, 6.07) is 15.7. The number of hydrogen-bond acceptors (Lipinski definition) is 9. The molecule has 6 rings (SSSR count). The smallest absolute Gasteiger partial charge is 0.337 e. The Kier molecular flexibility index (Phi) is 7.20. The molecule has 5 aromatic rings. The first-order valence-corrected chi connectivity index (χ1v) is 13.5. The summed E-state index contributed by atoms with van der Waals surface area (Å²) in [5.41, 5.74) is 2.25. The van der Waals surface area contributed by atoms with Gasteiger partial charge in [-0.1, -0.05) is 12.1 Å². The van der Waals surface area contributed by atoms with Gasteiger partial charge in [0.05, 0.1) is 24.6 Å². The van der Waals surface area contributed by atoms with Crippen LogP contribution in [-0.2, 0) is 6.54 Å². The average Bonchev–Trinajstić information content (AvgIpc) is 3.72. The molecule has 4 aromatic heterocycles. The number of carboxylic acid groups (broad SMARTS) is 1. The van der Waals surface area contributed by atoms with Crippen molar-refractivity contribution in [3.63, 3.8) is 0 Å². The van der Waals surface area contributed by atoms with E-state index in [9.17, 15) is 14.4 Å². The van der Waals surface area contributed by atoms with Gasteiger partial charge in [-0.3, -0.25) is 14.2 Å². The van der Waals surface area contributed by atoms with E-state index in [0.29, 0.717) is 23.7 Å². The van der Waals surface area contributed by atoms with Gasteiger partial charge in [-0.15, -0.1) is 5.10 Å². The van der Waals surface area contributed by atoms with Crippen molar-refractivity contribution in [3.8, 4) is 11.6 Å². The van der Waals surface area contributed by atoms with E-state index in [2.05, 4.69) is 25.7 Å². The predicted molar refractivity (Wildman–Crippen MR) is 159 cm³/mol. The first-order chi connectivity index (χ1) is 20.8. The third kappa shape index (κ3) is 5.73. The van der Waals surface area contributed by atoms with E-state index in [0.717, 1.165) is 24.2 Å². The molecule has 0 bridgehead atoms. The number of carbonyl (C=O) groups is 2. The van der Waals surface area contributed by atoms with E-state index in [4.69, 9.17) is 9.84 Å². The minimum atomic E-state index is -1.11. The van der Waals surface area contributed by atoms with Gasteiger partial charge < -0.3 is 25.4 Å². The largest absolute Gasteiger partial charge is 0.497 e. The highest BCUT2D eigenvalue weighted by Gasteiger charge is 2.26. The van der Waals surface area contributed by atoms with Crippen molar-refractivity contribution in [2.45, 2.75) is 25.4 Å². The molecule has 1 fully saturated rings. The number of imidazole rings is 1. The van der Waals surface area contributed by atoms with Crippen molar-refractivity contribution in [2.75, 3.05) is 24.4 Å². The van der Waals surface area contributed by atoms with Crippen molar-refractivity contribution in [1.82, 2.24) is 29.5 Å². The maximum atomic E-state index is 13.4. The highest BCUT2D eigenvalue weighted by molar-refractivity contribution is 5.94. The van der Waals surface area contributed by atoms with Crippen LogP contribution in [0.1, 0.15) is 39.3 Å². The van der Waals surface area contributed by atoms with Gasteiger partial charge in [0.1, 0.15) is 17.3 Å². The van der Waals surface area contributed by atoms with Gasteiger partial charge in [0, 0.05) is 38.1 Å². The normalized spacial score (nSPS) is 12.6. The van der Waals surface area contributed by atoms with Gasteiger partial charge in [0.2, 0.25) is 0 Å². The summed E-state index contributed by atoms with van der Waals surface area (Å²) in [5, 5.41) is 19.9. The minimum Gasteiger partial charge on any atom is -0.497 e. The lowest BCUT2D eigenvalue weighted by Crippen LogP contribution is -2.27. The minimum absolute atomic E-state index is 0.0109. The fraction of sp³-hybridized carbons (Fsp3) is 0.200. The van der Waals surface area contributed by atoms with Crippen LogP contribution >= 0.6 is 0 Å².